The zero-order valence-corrected chi connectivity index (χ0v) is 34.1. The Morgan fingerprint density at radius 3 is 0.944 bits per heavy atom. The smallest absolute Gasteiger partial charge is 0.307 e. The number of esters is 1. The zero-order valence-electron chi connectivity index (χ0n) is 33.1. The first-order valence-electron chi connectivity index (χ1n) is 19.0. The van der Waals surface area contributed by atoms with Gasteiger partial charge in [0.15, 0.2) is 0 Å². The van der Waals surface area contributed by atoms with Gasteiger partial charge in [-0.2, -0.15) is 0 Å². The molecule has 0 bridgehead atoms. The Hall–Kier alpha value is -2.31. The molecule has 0 atom stereocenters. The summed E-state index contributed by atoms with van der Waals surface area (Å²) in [4.78, 5) is 10.9. The second-order valence-corrected chi connectivity index (χ2v) is 17.3. The van der Waals surface area contributed by atoms with Crippen LogP contribution in [-0.4, -0.2) is 160 Å². The zero-order chi connectivity index (χ0) is 38.8. The number of carbonyl (C=O) groups is 1. The number of rotatable bonds is 36. The van der Waals surface area contributed by atoms with Crippen LogP contribution in [0.1, 0.15) is 27.2 Å². The summed E-state index contributed by atoms with van der Waals surface area (Å²) in [5, 5.41) is 2.47. The largest absolute Gasteiger partial charge is 0.469 e. The maximum Gasteiger partial charge on any atom is 0.307 e. The van der Waals surface area contributed by atoms with Crippen LogP contribution in [0.25, 0.3) is 0 Å². The molecule has 0 amide bonds. The van der Waals surface area contributed by atoms with Gasteiger partial charge < -0.3 is 56.5 Å². The van der Waals surface area contributed by atoms with Crippen LogP contribution in [0.2, 0.25) is 5.04 Å². The highest BCUT2D eigenvalue weighted by Crippen LogP contribution is 2.36. The maximum absolute atomic E-state index is 10.9. The molecule has 0 aliphatic rings. The van der Waals surface area contributed by atoms with E-state index < -0.39 is 8.32 Å². The molecule has 0 unspecified atom stereocenters. The van der Waals surface area contributed by atoms with Crippen molar-refractivity contribution >= 4 is 24.7 Å². The fourth-order valence-corrected chi connectivity index (χ4v) is 9.90. The fourth-order valence-electron chi connectivity index (χ4n) is 5.35. The van der Waals surface area contributed by atoms with Gasteiger partial charge in [0.1, 0.15) is 0 Å². The summed E-state index contributed by atoms with van der Waals surface area (Å²) >= 11 is 0. The summed E-state index contributed by atoms with van der Waals surface area (Å²) < 4.78 is 66.6. The molecule has 0 heterocycles. The van der Waals surface area contributed by atoms with E-state index in [1.54, 1.807) is 0 Å². The summed E-state index contributed by atoms with van der Waals surface area (Å²) in [7, 11) is -1.19. The van der Waals surface area contributed by atoms with E-state index in [9.17, 15) is 4.79 Å². The molecule has 13 nitrogen and oxygen atoms in total. The van der Waals surface area contributed by atoms with Gasteiger partial charge in [-0.1, -0.05) is 81.4 Å². The van der Waals surface area contributed by atoms with E-state index in [1.165, 1.54) is 17.5 Å². The van der Waals surface area contributed by atoms with Crippen LogP contribution in [-0.2, 0) is 61.3 Å². The molecule has 0 fully saturated rings. The number of ether oxygens (including phenoxy) is 11. The second kappa shape index (κ2) is 31.8. The summed E-state index contributed by atoms with van der Waals surface area (Å²) in [5.74, 6) is -0.286. The van der Waals surface area contributed by atoms with Crippen molar-refractivity contribution in [2.45, 2.75) is 32.2 Å². The Labute approximate surface area is 324 Å². The van der Waals surface area contributed by atoms with Gasteiger partial charge >= 0.3 is 5.97 Å². The first-order chi connectivity index (χ1) is 26.4. The molecule has 2 rings (SSSR count). The number of methoxy groups -OCH3 is 1. The normalized spacial score (nSPS) is 12.0. The third-order valence-electron chi connectivity index (χ3n) is 7.99. The highest BCUT2D eigenvalue weighted by Gasteiger charge is 2.50. The molecule has 0 aliphatic heterocycles. The highest BCUT2D eigenvalue weighted by molar-refractivity contribution is 6.99. The lowest BCUT2D eigenvalue weighted by Crippen LogP contribution is -2.66. The third kappa shape index (κ3) is 21.7. The van der Waals surface area contributed by atoms with Gasteiger partial charge in [-0.25, -0.2) is 0 Å². The van der Waals surface area contributed by atoms with Gasteiger partial charge in [0.25, 0.3) is 8.32 Å². The average Bonchev–Trinajstić information content (AvgIpc) is 3.18. The number of hydrogen-bond acceptors (Lipinski definition) is 13. The van der Waals surface area contributed by atoms with Gasteiger partial charge in [0.2, 0.25) is 0 Å². The van der Waals surface area contributed by atoms with Gasteiger partial charge in [-0.05, 0) is 15.4 Å². The summed E-state index contributed by atoms with van der Waals surface area (Å²) in [6.07, 6.45) is 0.243. The first kappa shape index (κ1) is 47.8. The minimum Gasteiger partial charge on any atom is -0.469 e. The Morgan fingerprint density at radius 1 is 0.426 bits per heavy atom. The minimum absolute atomic E-state index is 0.0600. The van der Waals surface area contributed by atoms with Crippen LogP contribution in [0.3, 0.4) is 0 Å². The standard InChI is InChI=1S/C40H66O13Si/c1-40(2,3)54(37-11-7-5-8-12-37,38-13-9-6-10-14-38)53-36-35-52-34-33-51-32-31-50-30-29-49-28-27-48-26-25-47-24-23-46-22-21-45-20-19-44-18-17-43-16-15-39(41)42-4/h5-14H,15-36H2,1-4H3. The van der Waals surface area contributed by atoms with E-state index in [4.69, 9.17) is 51.8 Å². The maximum atomic E-state index is 10.9. The van der Waals surface area contributed by atoms with Gasteiger partial charge in [0, 0.05) is 0 Å². The monoisotopic (exact) mass is 782 g/mol. The minimum atomic E-state index is -2.54. The number of hydrogen-bond donors (Lipinski definition) is 0. The molecule has 0 radical (unpaired) electrons. The van der Waals surface area contributed by atoms with Crippen LogP contribution >= 0.6 is 0 Å². The topological polar surface area (TPSA) is 128 Å². The van der Waals surface area contributed by atoms with Crippen molar-refractivity contribution in [1.82, 2.24) is 0 Å². The van der Waals surface area contributed by atoms with Crippen molar-refractivity contribution in [3.63, 3.8) is 0 Å². The summed E-state index contributed by atoms with van der Waals surface area (Å²) in [6.45, 7) is 16.9. The molecule has 0 N–H and O–H groups in total. The predicted octanol–water partition coefficient (Wildman–Crippen LogP) is 3.29. The van der Waals surface area contributed by atoms with Crippen molar-refractivity contribution in [2.75, 3.05) is 146 Å². The van der Waals surface area contributed by atoms with Gasteiger partial charge in [0.05, 0.1) is 152 Å². The summed E-state index contributed by atoms with van der Waals surface area (Å²) in [5.41, 5.74) is 0. The molecule has 2 aromatic carbocycles. The first-order valence-corrected chi connectivity index (χ1v) is 20.9. The van der Waals surface area contributed by atoms with Crippen LogP contribution in [0.15, 0.2) is 60.7 Å². The third-order valence-corrected chi connectivity index (χ3v) is 13.0. The van der Waals surface area contributed by atoms with Crippen LogP contribution in [0.4, 0.5) is 0 Å². The van der Waals surface area contributed by atoms with E-state index >= 15 is 0 Å². The van der Waals surface area contributed by atoms with E-state index in [0.29, 0.717) is 139 Å². The SMILES string of the molecule is COC(=O)CCOCCOCCOCCOCCOCCOCCOCCOCCOCCOCCO[Si](c1ccccc1)(c1ccccc1)C(C)(C)C. The molecule has 0 saturated heterocycles. The number of benzene rings is 2. The van der Waals surface area contributed by atoms with Crippen LogP contribution in [0.5, 0.6) is 0 Å². The van der Waals surface area contributed by atoms with Crippen LogP contribution in [0, 0.1) is 0 Å². The van der Waals surface area contributed by atoms with E-state index in [2.05, 4.69) is 86.2 Å². The molecule has 0 aliphatic carbocycles. The molecule has 14 heteroatoms. The van der Waals surface area contributed by atoms with Crippen molar-refractivity contribution < 1.29 is 61.3 Å². The van der Waals surface area contributed by atoms with E-state index in [0.717, 1.165) is 0 Å². The van der Waals surface area contributed by atoms with Crippen LogP contribution < -0.4 is 10.4 Å². The molecule has 2 aromatic rings. The lowest BCUT2D eigenvalue weighted by atomic mass is 10.2. The molecule has 0 aromatic heterocycles. The molecule has 0 saturated carbocycles. The Morgan fingerprint density at radius 2 is 0.685 bits per heavy atom. The highest BCUT2D eigenvalue weighted by atomic mass is 28.4. The molecule has 0 spiro atoms. The van der Waals surface area contributed by atoms with Crippen molar-refractivity contribution in [2.24, 2.45) is 0 Å². The lowest BCUT2D eigenvalue weighted by Gasteiger charge is -2.43. The van der Waals surface area contributed by atoms with Crippen molar-refractivity contribution in [1.29, 1.82) is 0 Å². The Bertz CT molecular complexity index is 1100. The Kier molecular flexibility index (Phi) is 28.2. The van der Waals surface area contributed by atoms with Crippen molar-refractivity contribution in [3.05, 3.63) is 60.7 Å². The molecular weight excluding hydrogens is 717 g/mol. The van der Waals surface area contributed by atoms with E-state index in [-0.39, 0.29) is 17.4 Å². The fraction of sp³-hybridized carbons (Fsp3) is 0.675. The quantitative estimate of drug-likeness (QED) is 0.0571. The second-order valence-electron chi connectivity index (χ2n) is 13.0. The predicted molar refractivity (Wildman–Crippen MR) is 208 cm³/mol. The number of carbonyl (C=O) groups excluding carboxylic acids is 1. The van der Waals surface area contributed by atoms with Crippen molar-refractivity contribution in [3.8, 4) is 0 Å². The van der Waals surface area contributed by atoms with Gasteiger partial charge in [-0.15, -0.1) is 0 Å². The average molecular weight is 783 g/mol. The molecule has 54 heavy (non-hydrogen) atoms. The Balaban J connectivity index is 1.30. The lowest BCUT2D eigenvalue weighted by molar-refractivity contribution is -0.141. The van der Waals surface area contributed by atoms with Gasteiger partial charge in [-0.3, -0.25) is 4.79 Å². The summed E-state index contributed by atoms with van der Waals surface area (Å²) in [6, 6.07) is 21.3. The van der Waals surface area contributed by atoms with E-state index in [1.807, 2.05) is 0 Å². The molecule has 308 valence electrons. The molecular formula is C40H66O13Si.